The first-order valence-electron chi connectivity index (χ1n) is 8.77. The van der Waals surface area contributed by atoms with E-state index in [1.807, 2.05) is 18.2 Å². The number of halogens is 1. The molecule has 1 aliphatic heterocycles. The topological polar surface area (TPSA) is 92.5 Å². The summed E-state index contributed by atoms with van der Waals surface area (Å²) in [7, 11) is -3.59. The molecule has 0 aromatic heterocycles. The third kappa shape index (κ3) is 3.95. The van der Waals surface area contributed by atoms with Crippen LogP contribution in [0.1, 0.15) is 35.2 Å². The van der Waals surface area contributed by atoms with Gasteiger partial charge >= 0.3 is 0 Å². The van der Waals surface area contributed by atoms with E-state index in [0.717, 1.165) is 36.9 Å². The highest BCUT2D eigenvalue weighted by molar-refractivity contribution is 7.89. The Hall–Kier alpha value is -2.09. The Morgan fingerprint density at radius 3 is 2.63 bits per heavy atom. The predicted octanol–water partition coefficient (Wildman–Crippen LogP) is 2.72. The van der Waals surface area contributed by atoms with E-state index in [1.165, 1.54) is 12.1 Å². The molecule has 2 aliphatic rings. The van der Waals surface area contributed by atoms with Crippen LogP contribution < -0.4 is 15.4 Å². The highest BCUT2D eigenvalue weighted by Gasteiger charge is 2.29. The van der Waals surface area contributed by atoms with E-state index in [4.69, 9.17) is 5.73 Å². The maximum atomic E-state index is 13.1. The Bertz CT molecular complexity index is 974. The molecule has 1 saturated carbocycles. The van der Waals surface area contributed by atoms with E-state index < -0.39 is 10.0 Å². The zero-order valence-electron chi connectivity index (χ0n) is 14.7. The first-order chi connectivity index (χ1) is 12.5. The van der Waals surface area contributed by atoms with Gasteiger partial charge in [-0.2, -0.15) is 0 Å². The zero-order chi connectivity index (χ0) is 18.3. The fourth-order valence-electron chi connectivity index (χ4n) is 3.30. The first-order valence-corrected chi connectivity index (χ1v) is 10.3. The van der Waals surface area contributed by atoms with Crippen molar-refractivity contribution in [3.8, 4) is 0 Å². The van der Waals surface area contributed by atoms with Gasteiger partial charge in [0.15, 0.2) is 0 Å². The number of rotatable bonds is 4. The van der Waals surface area contributed by atoms with Crippen molar-refractivity contribution >= 4 is 39.7 Å². The lowest BCUT2D eigenvalue weighted by molar-refractivity contribution is 0.0985. The Balaban J connectivity index is 0.00000210. The molecule has 1 fully saturated rings. The lowest BCUT2D eigenvalue weighted by atomic mass is 9.99. The predicted molar refractivity (Wildman–Crippen MR) is 108 cm³/mol. The molecule has 1 amide bonds. The molecule has 8 heteroatoms. The standard InChI is InChI=1S/C19H21N3O3S.ClH/c20-17-7-2-8-18-16(17)6-3-11-22(18)19(23)13-4-1-5-15(12-13)26(24,25)21-14-9-10-14;/h1-2,4-5,7-8,12,14,21H,3,6,9-11,20H2;1H. The number of anilines is 2. The van der Waals surface area contributed by atoms with E-state index in [9.17, 15) is 13.2 Å². The molecule has 27 heavy (non-hydrogen) atoms. The molecule has 0 spiro atoms. The number of hydrogen-bond acceptors (Lipinski definition) is 4. The van der Waals surface area contributed by atoms with Gasteiger partial charge in [0.1, 0.15) is 0 Å². The van der Waals surface area contributed by atoms with Gasteiger partial charge in [0.05, 0.1) is 4.90 Å². The lowest BCUT2D eigenvalue weighted by Gasteiger charge is -2.30. The molecular weight excluding hydrogens is 386 g/mol. The molecular formula is C19H22ClN3O3S. The smallest absolute Gasteiger partial charge is 0.258 e. The van der Waals surface area contributed by atoms with Crippen molar-refractivity contribution in [3.63, 3.8) is 0 Å². The summed E-state index contributed by atoms with van der Waals surface area (Å²) in [6, 6.07) is 11.8. The van der Waals surface area contributed by atoms with Gasteiger partial charge in [-0.05, 0) is 61.6 Å². The van der Waals surface area contributed by atoms with Crippen LogP contribution >= 0.6 is 12.4 Å². The highest BCUT2D eigenvalue weighted by atomic mass is 35.5. The third-order valence-corrected chi connectivity index (χ3v) is 6.34. The van der Waals surface area contributed by atoms with Crippen molar-refractivity contribution in [3.05, 3.63) is 53.6 Å². The average Bonchev–Trinajstić information content (AvgIpc) is 3.44. The maximum Gasteiger partial charge on any atom is 0.258 e. The molecule has 0 saturated heterocycles. The molecule has 6 nitrogen and oxygen atoms in total. The number of hydrogen-bond donors (Lipinski definition) is 2. The van der Waals surface area contributed by atoms with Crippen LogP contribution in [0.25, 0.3) is 0 Å². The molecule has 0 bridgehead atoms. The zero-order valence-corrected chi connectivity index (χ0v) is 16.4. The van der Waals surface area contributed by atoms with Gasteiger partial charge in [-0.3, -0.25) is 4.79 Å². The Kier molecular flexibility index (Phi) is 5.46. The summed E-state index contributed by atoms with van der Waals surface area (Å²) in [5.41, 5.74) is 8.88. The van der Waals surface area contributed by atoms with E-state index in [0.29, 0.717) is 17.8 Å². The number of benzene rings is 2. The number of nitrogens with two attached hydrogens (primary N) is 1. The second-order valence-corrected chi connectivity index (χ2v) is 8.54. The lowest BCUT2D eigenvalue weighted by Crippen LogP contribution is -2.36. The minimum Gasteiger partial charge on any atom is -0.398 e. The molecule has 0 unspecified atom stereocenters. The third-order valence-electron chi connectivity index (χ3n) is 4.82. The molecule has 1 heterocycles. The minimum absolute atomic E-state index is 0. The average molecular weight is 408 g/mol. The number of nitrogen functional groups attached to an aromatic ring is 1. The van der Waals surface area contributed by atoms with Crippen molar-refractivity contribution in [2.45, 2.75) is 36.6 Å². The van der Waals surface area contributed by atoms with E-state index in [1.54, 1.807) is 17.0 Å². The van der Waals surface area contributed by atoms with Crippen LogP contribution in [0.5, 0.6) is 0 Å². The summed E-state index contributed by atoms with van der Waals surface area (Å²) in [5.74, 6) is -0.208. The highest BCUT2D eigenvalue weighted by Crippen LogP contribution is 2.32. The van der Waals surface area contributed by atoms with Crippen molar-refractivity contribution in [2.75, 3.05) is 17.2 Å². The van der Waals surface area contributed by atoms with Crippen LogP contribution in [0.3, 0.4) is 0 Å². The van der Waals surface area contributed by atoms with Crippen LogP contribution in [0.2, 0.25) is 0 Å². The van der Waals surface area contributed by atoms with Crippen molar-refractivity contribution in [1.82, 2.24) is 4.72 Å². The quantitative estimate of drug-likeness (QED) is 0.762. The van der Waals surface area contributed by atoms with Gasteiger partial charge in [-0.15, -0.1) is 12.4 Å². The van der Waals surface area contributed by atoms with Gasteiger partial charge in [-0.25, -0.2) is 13.1 Å². The van der Waals surface area contributed by atoms with Crippen molar-refractivity contribution < 1.29 is 13.2 Å². The van der Waals surface area contributed by atoms with Crippen LogP contribution in [-0.4, -0.2) is 26.9 Å². The van der Waals surface area contributed by atoms with Crippen LogP contribution in [0.15, 0.2) is 47.4 Å². The number of carbonyl (C=O) groups excluding carboxylic acids is 1. The normalized spacial score (nSPS) is 16.4. The molecule has 0 radical (unpaired) electrons. The fraction of sp³-hybridized carbons (Fsp3) is 0.316. The number of sulfonamides is 1. The number of carbonyl (C=O) groups is 1. The monoisotopic (exact) mass is 407 g/mol. The van der Waals surface area contributed by atoms with E-state index in [-0.39, 0.29) is 29.3 Å². The van der Waals surface area contributed by atoms with E-state index in [2.05, 4.69) is 4.72 Å². The first kappa shape index (κ1) is 19.7. The Labute approximate surface area is 165 Å². The van der Waals surface area contributed by atoms with Gasteiger partial charge in [0.25, 0.3) is 5.91 Å². The second-order valence-electron chi connectivity index (χ2n) is 6.83. The molecule has 4 rings (SSSR count). The summed E-state index contributed by atoms with van der Waals surface area (Å²) in [6.07, 6.45) is 3.40. The summed E-state index contributed by atoms with van der Waals surface area (Å²) >= 11 is 0. The van der Waals surface area contributed by atoms with Gasteiger partial charge in [0, 0.05) is 29.5 Å². The summed E-state index contributed by atoms with van der Waals surface area (Å²) in [5, 5.41) is 0. The number of amides is 1. The largest absolute Gasteiger partial charge is 0.398 e. The van der Waals surface area contributed by atoms with E-state index >= 15 is 0 Å². The minimum atomic E-state index is -3.59. The SMILES string of the molecule is Cl.Nc1cccc2c1CCCN2C(=O)c1cccc(S(=O)(=O)NC2CC2)c1. The van der Waals surface area contributed by atoms with Gasteiger partial charge < -0.3 is 10.6 Å². The molecule has 2 aromatic rings. The summed E-state index contributed by atoms with van der Waals surface area (Å²) < 4.78 is 27.5. The summed E-state index contributed by atoms with van der Waals surface area (Å²) in [6.45, 7) is 0.590. The molecule has 3 N–H and O–H groups in total. The molecule has 0 atom stereocenters. The Morgan fingerprint density at radius 1 is 1.15 bits per heavy atom. The van der Waals surface area contributed by atoms with Crippen LogP contribution in [0.4, 0.5) is 11.4 Å². The maximum absolute atomic E-state index is 13.1. The van der Waals surface area contributed by atoms with Crippen LogP contribution in [0, 0.1) is 0 Å². The fourth-order valence-corrected chi connectivity index (χ4v) is 4.65. The molecule has 1 aliphatic carbocycles. The van der Waals surface area contributed by atoms with Crippen LogP contribution in [-0.2, 0) is 16.4 Å². The van der Waals surface area contributed by atoms with Crippen molar-refractivity contribution in [2.24, 2.45) is 0 Å². The molecule has 2 aromatic carbocycles. The number of nitrogens with zero attached hydrogens (tertiary/aromatic N) is 1. The summed E-state index contributed by atoms with van der Waals surface area (Å²) in [4.78, 5) is 14.9. The number of fused-ring (bicyclic) bond motifs is 1. The second kappa shape index (κ2) is 7.50. The Morgan fingerprint density at radius 2 is 1.89 bits per heavy atom. The van der Waals surface area contributed by atoms with Gasteiger partial charge in [0.2, 0.25) is 10.0 Å². The van der Waals surface area contributed by atoms with Crippen molar-refractivity contribution in [1.29, 1.82) is 0 Å². The molecule has 144 valence electrons. The number of nitrogens with one attached hydrogen (secondary N) is 1. The van der Waals surface area contributed by atoms with Gasteiger partial charge in [-0.1, -0.05) is 12.1 Å².